The van der Waals surface area contributed by atoms with Crippen LogP contribution in [-0.4, -0.2) is 54.0 Å². The van der Waals surface area contributed by atoms with Gasteiger partial charge in [0.25, 0.3) is 5.91 Å². The molecule has 1 aromatic heterocycles. The van der Waals surface area contributed by atoms with Gasteiger partial charge in [0.15, 0.2) is 18.6 Å². The quantitative estimate of drug-likeness (QED) is 0.750. The van der Waals surface area contributed by atoms with E-state index in [4.69, 9.17) is 13.9 Å². The summed E-state index contributed by atoms with van der Waals surface area (Å²) in [6, 6.07) is 4.74. The Kier molecular flexibility index (Phi) is 5.50. The van der Waals surface area contributed by atoms with Crippen molar-refractivity contribution in [3.05, 3.63) is 30.2 Å². The van der Waals surface area contributed by atoms with Crippen molar-refractivity contribution in [2.75, 3.05) is 26.3 Å². The molecule has 1 saturated heterocycles. The highest BCUT2D eigenvalue weighted by atomic mass is 16.5. The second-order valence-corrected chi connectivity index (χ2v) is 6.02. The van der Waals surface area contributed by atoms with Crippen molar-refractivity contribution in [2.24, 2.45) is 5.92 Å². The van der Waals surface area contributed by atoms with Crippen LogP contribution in [0.3, 0.4) is 0 Å². The molecular formula is C18H20N2O6. The number of rotatable bonds is 5. The summed E-state index contributed by atoms with van der Waals surface area (Å²) in [5.74, 6) is -1.25. The third kappa shape index (κ3) is 4.01. The molecule has 1 aliphatic rings. The van der Waals surface area contributed by atoms with Gasteiger partial charge in [-0.15, -0.1) is 0 Å². The van der Waals surface area contributed by atoms with Gasteiger partial charge >= 0.3 is 11.9 Å². The van der Waals surface area contributed by atoms with Crippen LogP contribution < -0.4 is 0 Å². The smallest absolute Gasteiger partial charge is 0.338 e. The molecule has 1 fully saturated rings. The maximum Gasteiger partial charge on any atom is 0.338 e. The fraction of sp³-hybridized carbons (Fsp3) is 0.444. The van der Waals surface area contributed by atoms with E-state index in [1.165, 1.54) is 6.39 Å². The van der Waals surface area contributed by atoms with Gasteiger partial charge < -0.3 is 18.8 Å². The van der Waals surface area contributed by atoms with E-state index in [-0.39, 0.29) is 24.4 Å². The summed E-state index contributed by atoms with van der Waals surface area (Å²) in [5, 5.41) is 0. The molecule has 1 aromatic carbocycles. The molecule has 0 N–H and O–H groups in total. The molecular weight excluding hydrogens is 340 g/mol. The van der Waals surface area contributed by atoms with E-state index >= 15 is 0 Å². The molecule has 1 aliphatic heterocycles. The van der Waals surface area contributed by atoms with E-state index in [2.05, 4.69) is 4.98 Å². The number of piperidine rings is 1. The molecule has 0 aliphatic carbocycles. The number of hydrogen-bond donors (Lipinski definition) is 0. The Balaban J connectivity index is 1.48. The third-order valence-electron chi connectivity index (χ3n) is 4.36. The van der Waals surface area contributed by atoms with E-state index in [0.29, 0.717) is 49.2 Å². The first-order chi connectivity index (χ1) is 12.6. The van der Waals surface area contributed by atoms with Crippen molar-refractivity contribution < 1.29 is 28.3 Å². The lowest BCUT2D eigenvalue weighted by Gasteiger charge is -2.30. The Bertz CT molecular complexity index is 807. The van der Waals surface area contributed by atoms with Crippen LogP contribution in [0, 0.1) is 5.92 Å². The Morgan fingerprint density at radius 3 is 2.73 bits per heavy atom. The zero-order valence-electron chi connectivity index (χ0n) is 14.5. The number of nitrogens with zero attached hydrogens (tertiary/aromatic N) is 2. The lowest BCUT2D eigenvalue weighted by molar-refractivity contribution is -0.151. The van der Waals surface area contributed by atoms with Crippen molar-refractivity contribution >= 4 is 28.9 Å². The molecule has 138 valence electrons. The highest BCUT2D eigenvalue weighted by molar-refractivity contribution is 5.94. The number of oxazole rings is 1. The van der Waals surface area contributed by atoms with Crippen molar-refractivity contribution in [1.82, 2.24) is 9.88 Å². The van der Waals surface area contributed by atoms with Crippen molar-refractivity contribution in [3.63, 3.8) is 0 Å². The number of fused-ring (bicyclic) bond motifs is 1. The number of benzene rings is 1. The van der Waals surface area contributed by atoms with Gasteiger partial charge in [-0.05, 0) is 38.0 Å². The van der Waals surface area contributed by atoms with E-state index in [1.54, 1.807) is 30.0 Å². The average molecular weight is 360 g/mol. The van der Waals surface area contributed by atoms with Crippen molar-refractivity contribution in [1.29, 1.82) is 0 Å². The normalized spacial score (nSPS) is 15.0. The monoisotopic (exact) mass is 360 g/mol. The number of carbonyl (C=O) groups is 3. The highest BCUT2D eigenvalue weighted by Gasteiger charge is 2.28. The highest BCUT2D eigenvalue weighted by Crippen LogP contribution is 2.19. The number of ether oxygens (including phenoxy) is 2. The average Bonchev–Trinajstić information content (AvgIpc) is 3.14. The lowest BCUT2D eigenvalue weighted by Crippen LogP contribution is -2.42. The molecule has 0 atom stereocenters. The summed E-state index contributed by atoms with van der Waals surface area (Å²) in [4.78, 5) is 41.6. The number of aromatic nitrogens is 1. The summed E-state index contributed by atoms with van der Waals surface area (Å²) < 4.78 is 15.2. The molecule has 0 bridgehead atoms. The van der Waals surface area contributed by atoms with Gasteiger partial charge in [0.05, 0.1) is 18.1 Å². The van der Waals surface area contributed by atoms with E-state index in [9.17, 15) is 14.4 Å². The van der Waals surface area contributed by atoms with Crippen molar-refractivity contribution in [3.8, 4) is 0 Å². The SMILES string of the molecule is CCOC(=O)C1CCN(C(=O)COC(=O)c2ccc3ocnc3c2)CC1. The molecule has 0 radical (unpaired) electrons. The molecule has 3 rings (SSSR count). The molecule has 2 aromatic rings. The van der Waals surface area contributed by atoms with Crippen molar-refractivity contribution in [2.45, 2.75) is 19.8 Å². The summed E-state index contributed by atoms with van der Waals surface area (Å²) in [6.45, 7) is 2.69. The second kappa shape index (κ2) is 7.99. The van der Waals surface area contributed by atoms with E-state index in [1.807, 2.05) is 0 Å². The van der Waals surface area contributed by atoms with Crippen LogP contribution >= 0.6 is 0 Å². The molecule has 0 unspecified atom stereocenters. The summed E-state index contributed by atoms with van der Waals surface area (Å²) in [5.41, 5.74) is 1.43. The van der Waals surface area contributed by atoms with E-state index in [0.717, 1.165) is 0 Å². The maximum atomic E-state index is 12.2. The predicted molar refractivity (Wildman–Crippen MR) is 90.2 cm³/mol. The van der Waals surface area contributed by atoms with Crippen LogP contribution in [-0.2, 0) is 19.1 Å². The van der Waals surface area contributed by atoms with Gasteiger partial charge in [-0.3, -0.25) is 9.59 Å². The minimum atomic E-state index is -0.593. The van der Waals surface area contributed by atoms with Gasteiger partial charge in [0.1, 0.15) is 5.52 Å². The lowest BCUT2D eigenvalue weighted by atomic mass is 9.97. The third-order valence-corrected chi connectivity index (χ3v) is 4.36. The molecule has 2 heterocycles. The summed E-state index contributed by atoms with van der Waals surface area (Å²) in [6.07, 6.45) is 2.41. The Labute approximate surface area is 150 Å². The van der Waals surface area contributed by atoms with Crippen LogP contribution in [0.25, 0.3) is 11.1 Å². The second-order valence-electron chi connectivity index (χ2n) is 6.02. The van der Waals surface area contributed by atoms with Crippen LogP contribution in [0.15, 0.2) is 29.0 Å². The topological polar surface area (TPSA) is 98.9 Å². The fourth-order valence-electron chi connectivity index (χ4n) is 2.91. The van der Waals surface area contributed by atoms with Crippen LogP contribution in [0.1, 0.15) is 30.1 Å². The Morgan fingerprint density at radius 1 is 1.23 bits per heavy atom. The number of carbonyl (C=O) groups excluding carboxylic acids is 3. The van der Waals surface area contributed by atoms with Gasteiger partial charge in [0.2, 0.25) is 0 Å². The fourth-order valence-corrected chi connectivity index (χ4v) is 2.91. The van der Waals surface area contributed by atoms with E-state index < -0.39 is 5.97 Å². The first-order valence-corrected chi connectivity index (χ1v) is 8.53. The predicted octanol–water partition coefficient (Wildman–Crippen LogP) is 1.79. The first kappa shape index (κ1) is 17.9. The van der Waals surface area contributed by atoms with Gasteiger partial charge in [-0.25, -0.2) is 9.78 Å². The molecule has 26 heavy (non-hydrogen) atoms. The van der Waals surface area contributed by atoms with Crippen LogP contribution in [0.4, 0.5) is 0 Å². The number of esters is 2. The number of amides is 1. The van der Waals surface area contributed by atoms with Crippen LogP contribution in [0.2, 0.25) is 0 Å². The maximum absolute atomic E-state index is 12.2. The zero-order valence-corrected chi connectivity index (χ0v) is 14.5. The summed E-state index contributed by atoms with van der Waals surface area (Å²) in [7, 11) is 0. The molecule has 0 saturated carbocycles. The summed E-state index contributed by atoms with van der Waals surface area (Å²) >= 11 is 0. The minimum Gasteiger partial charge on any atom is -0.466 e. The molecule has 8 heteroatoms. The number of likely N-dealkylation sites (tertiary alicyclic amines) is 1. The van der Waals surface area contributed by atoms with Gasteiger partial charge in [-0.1, -0.05) is 0 Å². The molecule has 0 spiro atoms. The Hall–Kier alpha value is -2.90. The minimum absolute atomic E-state index is 0.171. The van der Waals surface area contributed by atoms with Crippen LogP contribution in [0.5, 0.6) is 0 Å². The Morgan fingerprint density at radius 2 is 2.00 bits per heavy atom. The zero-order chi connectivity index (χ0) is 18.5. The largest absolute Gasteiger partial charge is 0.466 e. The standard InChI is InChI=1S/C18H20N2O6/c1-2-24-17(22)12-5-7-20(8-6-12)16(21)10-25-18(23)13-3-4-15-14(9-13)19-11-26-15/h3-4,9,11-12H,2,5-8,10H2,1H3. The molecule has 8 nitrogen and oxygen atoms in total. The van der Waals surface area contributed by atoms with Gasteiger partial charge in [-0.2, -0.15) is 0 Å². The molecule has 1 amide bonds. The first-order valence-electron chi connectivity index (χ1n) is 8.53. The van der Waals surface area contributed by atoms with Gasteiger partial charge in [0, 0.05) is 13.1 Å². The number of hydrogen-bond acceptors (Lipinski definition) is 7.